The summed E-state index contributed by atoms with van der Waals surface area (Å²) in [6, 6.07) is 16.0. The molecule has 10 heteroatoms. The Morgan fingerprint density at radius 1 is 1.10 bits per heavy atom. The van der Waals surface area contributed by atoms with Crippen molar-refractivity contribution in [3.05, 3.63) is 82.4 Å². The Morgan fingerprint density at radius 2 is 1.85 bits per heavy atom. The van der Waals surface area contributed by atoms with Crippen LogP contribution in [0.5, 0.6) is 5.75 Å². The van der Waals surface area contributed by atoms with E-state index in [-0.39, 0.29) is 24.0 Å². The molecule has 0 saturated carbocycles. The second kappa shape index (κ2) is 11.3. The first kappa shape index (κ1) is 28.8. The summed E-state index contributed by atoms with van der Waals surface area (Å²) in [5, 5.41) is 18.5. The summed E-state index contributed by atoms with van der Waals surface area (Å²) in [7, 11) is -3.87. The molecular weight excluding hydrogens is 540 g/mol. The Morgan fingerprint density at radius 3 is 2.56 bits per heavy atom. The van der Waals surface area contributed by atoms with Gasteiger partial charge < -0.3 is 9.84 Å². The Hall–Kier alpha value is -3.76. The lowest BCUT2D eigenvalue weighted by Gasteiger charge is -2.30. The molecule has 0 spiro atoms. The smallest absolute Gasteiger partial charge is 0.304 e. The third-order valence-corrected chi connectivity index (χ3v) is 10.2. The maximum absolute atomic E-state index is 13.9. The van der Waals surface area contributed by atoms with Gasteiger partial charge in [0.05, 0.1) is 18.5 Å². The molecule has 0 fully saturated rings. The van der Waals surface area contributed by atoms with Crippen LogP contribution in [0.25, 0.3) is 11.0 Å². The van der Waals surface area contributed by atoms with Crippen molar-refractivity contribution in [2.24, 2.45) is 0 Å². The molecule has 216 valence electrons. The third kappa shape index (κ3) is 5.22. The van der Waals surface area contributed by atoms with Gasteiger partial charge in [0.15, 0.2) is 0 Å². The number of aromatic nitrogens is 3. The molecule has 4 aromatic rings. The molecule has 5 rings (SSSR count). The van der Waals surface area contributed by atoms with E-state index in [2.05, 4.69) is 10.3 Å². The average Bonchev–Trinajstić information content (AvgIpc) is 3.33. The fraction of sp³-hybridized carbons (Fsp3) is 0.387. The van der Waals surface area contributed by atoms with Crippen molar-refractivity contribution in [1.82, 2.24) is 19.3 Å². The fourth-order valence-electron chi connectivity index (χ4n) is 5.84. The zero-order chi connectivity index (χ0) is 29.5. The normalized spacial score (nSPS) is 18.3. The predicted octanol–water partition coefficient (Wildman–Crippen LogP) is 5.60. The second-order valence-electron chi connectivity index (χ2n) is 10.7. The highest BCUT2D eigenvalue weighted by atomic mass is 32.2. The molecular formula is C31H36N4O5S. The van der Waals surface area contributed by atoms with Gasteiger partial charge in [-0.2, -0.15) is 4.31 Å². The number of carboxylic acids is 1. The van der Waals surface area contributed by atoms with Gasteiger partial charge in [0.2, 0.25) is 10.0 Å². The standard InChI is InChI=1S/C31H36N4O5S/c1-6-23-18-35(41(38,39)29-11-9-8-10-28(29)40-23)21(5)25-16-22(13-12-19(25)3)26(17-30(36)37)24-14-15-27-31(20(24)4)32-33-34(27)7-2/h8-16,21,23,26H,6-7,17-18H2,1-5H3,(H,36,37). The Kier molecular flexibility index (Phi) is 7.89. The topological polar surface area (TPSA) is 115 Å². The molecule has 1 N–H and O–H groups in total. The molecule has 0 bridgehead atoms. The van der Waals surface area contributed by atoms with Crippen molar-refractivity contribution in [2.45, 2.75) is 77.0 Å². The summed E-state index contributed by atoms with van der Waals surface area (Å²) in [4.78, 5) is 12.2. The molecule has 3 atom stereocenters. The van der Waals surface area contributed by atoms with E-state index in [0.717, 1.165) is 38.9 Å². The summed E-state index contributed by atoms with van der Waals surface area (Å²) in [6.07, 6.45) is 0.230. The first-order chi connectivity index (χ1) is 19.6. The number of carboxylic acid groups (broad SMARTS) is 1. The van der Waals surface area contributed by atoms with Gasteiger partial charge in [-0.3, -0.25) is 4.79 Å². The third-order valence-electron chi connectivity index (χ3n) is 8.19. The number of sulfonamides is 1. The van der Waals surface area contributed by atoms with Crippen LogP contribution in [0.15, 0.2) is 59.5 Å². The highest BCUT2D eigenvalue weighted by Gasteiger charge is 2.38. The predicted molar refractivity (Wildman–Crippen MR) is 157 cm³/mol. The molecule has 41 heavy (non-hydrogen) atoms. The van der Waals surface area contributed by atoms with Crippen LogP contribution in [-0.4, -0.2) is 51.4 Å². The molecule has 1 aliphatic heterocycles. The molecule has 0 aliphatic carbocycles. The molecule has 3 aromatic carbocycles. The van der Waals surface area contributed by atoms with Crippen LogP contribution in [0, 0.1) is 13.8 Å². The molecule has 9 nitrogen and oxygen atoms in total. The second-order valence-corrected chi connectivity index (χ2v) is 12.5. The largest absolute Gasteiger partial charge is 0.488 e. The number of para-hydroxylation sites is 1. The summed E-state index contributed by atoms with van der Waals surface area (Å²) >= 11 is 0. The number of aryl methyl sites for hydroxylation is 3. The lowest BCUT2D eigenvalue weighted by Crippen LogP contribution is -2.39. The van der Waals surface area contributed by atoms with Crippen LogP contribution < -0.4 is 4.74 Å². The first-order valence-corrected chi connectivity index (χ1v) is 15.4. The van der Waals surface area contributed by atoms with Crippen LogP contribution in [0.2, 0.25) is 0 Å². The Bertz CT molecular complexity index is 1710. The highest BCUT2D eigenvalue weighted by Crippen LogP contribution is 2.39. The SMILES string of the molecule is CCC1CN(C(C)c2cc(C(CC(=O)O)c3ccc4c(nnn4CC)c3C)ccc2C)S(=O)(=O)c2ccccc2O1. The van der Waals surface area contributed by atoms with E-state index >= 15 is 0 Å². The molecule has 0 amide bonds. The summed E-state index contributed by atoms with van der Waals surface area (Å²) in [6.45, 7) is 10.7. The maximum Gasteiger partial charge on any atom is 0.304 e. The van der Waals surface area contributed by atoms with Gasteiger partial charge in [-0.05, 0) is 80.1 Å². The number of carbonyl (C=O) groups is 1. The number of hydrogen-bond donors (Lipinski definition) is 1. The number of rotatable bonds is 8. The molecule has 0 saturated heterocycles. The van der Waals surface area contributed by atoms with E-state index in [0.29, 0.717) is 18.7 Å². The lowest BCUT2D eigenvalue weighted by molar-refractivity contribution is -0.137. The lowest BCUT2D eigenvalue weighted by atomic mass is 9.83. The summed E-state index contributed by atoms with van der Waals surface area (Å²) in [5.41, 5.74) is 5.96. The molecule has 1 aliphatic rings. The van der Waals surface area contributed by atoms with Crippen molar-refractivity contribution < 1.29 is 23.1 Å². The van der Waals surface area contributed by atoms with Gasteiger partial charge in [0.25, 0.3) is 0 Å². The van der Waals surface area contributed by atoms with Gasteiger partial charge in [0, 0.05) is 18.5 Å². The minimum absolute atomic E-state index is 0.119. The van der Waals surface area contributed by atoms with E-state index in [1.807, 2.05) is 69.6 Å². The zero-order valence-corrected chi connectivity index (χ0v) is 24.9. The van der Waals surface area contributed by atoms with Crippen molar-refractivity contribution in [3.8, 4) is 5.75 Å². The van der Waals surface area contributed by atoms with Crippen molar-refractivity contribution in [3.63, 3.8) is 0 Å². The number of aliphatic carboxylic acids is 1. The van der Waals surface area contributed by atoms with E-state index in [9.17, 15) is 18.3 Å². The average molecular weight is 577 g/mol. The van der Waals surface area contributed by atoms with Crippen LogP contribution in [0.1, 0.15) is 73.4 Å². The van der Waals surface area contributed by atoms with Crippen LogP contribution in [0.4, 0.5) is 0 Å². The highest BCUT2D eigenvalue weighted by molar-refractivity contribution is 7.89. The van der Waals surface area contributed by atoms with Gasteiger partial charge >= 0.3 is 5.97 Å². The molecule has 0 radical (unpaired) electrons. The molecule has 2 heterocycles. The summed E-state index contributed by atoms with van der Waals surface area (Å²) < 4.78 is 37.3. The van der Waals surface area contributed by atoms with E-state index < -0.39 is 28.0 Å². The van der Waals surface area contributed by atoms with Crippen LogP contribution in [0.3, 0.4) is 0 Å². The zero-order valence-electron chi connectivity index (χ0n) is 24.0. The molecule has 3 unspecified atom stereocenters. The number of benzene rings is 3. The van der Waals surface area contributed by atoms with E-state index in [4.69, 9.17) is 4.74 Å². The first-order valence-electron chi connectivity index (χ1n) is 14.0. The Balaban J connectivity index is 1.60. The van der Waals surface area contributed by atoms with Crippen molar-refractivity contribution in [2.75, 3.05) is 6.54 Å². The Labute approximate surface area is 240 Å². The summed E-state index contributed by atoms with van der Waals surface area (Å²) in [5.74, 6) is -1.01. The number of fused-ring (bicyclic) bond motifs is 2. The van der Waals surface area contributed by atoms with Crippen molar-refractivity contribution in [1.29, 1.82) is 0 Å². The minimum Gasteiger partial charge on any atom is -0.488 e. The number of ether oxygens (including phenoxy) is 1. The van der Waals surface area contributed by atoms with Gasteiger partial charge in [-0.15, -0.1) is 5.10 Å². The molecule has 1 aromatic heterocycles. The number of hydrogen-bond acceptors (Lipinski definition) is 6. The van der Waals surface area contributed by atoms with E-state index in [1.54, 1.807) is 24.3 Å². The minimum atomic E-state index is -3.87. The van der Waals surface area contributed by atoms with E-state index in [1.165, 1.54) is 4.31 Å². The maximum atomic E-state index is 13.9. The fourth-order valence-corrected chi connectivity index (χ4v) is 7.60. The van der Waals surface area contributed by atoms with Gasteiger partial charge in [0.1, 0.15) is 22.3 Å². The quantitative estimate of drug-likeness (QED) is 0.290. The van der Waals surface area contributed by atoms with Crippen molar-refractivity contribution >= 4 is 27.0 Å². The number of nitrogens with zero attached hydrogens (tertiary/aromatic N) is 4. The van der Waals surface area contributed by atoms with Crippen LogP contribution in [-0.2, 0) is 21.4 Å². The van der Waals surface area contributed by atoms with Crippen LogP contribution >= 0.6 is 0 Å². The monoisotopic (exact) mass is 576 g/mol. The van der Waals surface area contributed by atoms with Gasteiger partial charge in [-0.25, -0.2) is 13.1 Å². The van der Waals surface area contributed by atoms with Gasteiger partial charge in [-0.1, -0.05) is 48.5 Å².